The number of carboxylic acid groups (broad SMARTS) is 1. The molecule has 0 aromatic carbocycles. The van der Waals surface area contributed by atoms with E-state index in [4.69, 9.17) is 0 Å². The van der Waals surface area contributed by atoms with Crippen molar-refractivity contribution in [2.24, 2.45) is 0 Å². The van der Waals surface area contributed by atoms with Gasteiger partial charge in [0.15, 0.2) is 6.04 Å². The van der Waals surface area contributed by atoms with Crippen molar-refractivity contribution in [3.63, 3.8) is 0 Å². The van der Waals surface area contributed by atoms with Crippen molar-refractivity contribution >= 4 is 34.0 Å². The zero-order chi connectivity index (χ0) is 13.4. The maximum absolute atomic E-state index is 11.6. The topological polar surface area (TPSA) is 66.3 Å². The predicted molar refractivity (Wildman–Crippen MR) is 75.0 cm³/mol. The predicted octanol–water partition coefficient (Wildman–Crippen LogP) is 2.35. The second kappa shape index (κ2) is 4.90. The average Bonchev–Trinajstić information content (AvgIpc) is 3.05. The second-order valence-electron chi connectivity index (χ2n) is 4.33. The van der Waals surface area contributed by atoms with Crippen molar-refractivity contribution in [3.05, 3.63) is 27.7 Å². The molecule has 0 amide bonds. The van der Waals surface area contributed by atoms with Crippen LogP contribution in [0.25, 0.3) is 0 Å². The summed E-state index contributed by atoms with van der Waals surface area (Å²) in [6.45, 7) is 2.68. The van der Waals surface area contributed by atoms with Crippen molar-refractivity contribution in [2.75, 3.05) is 11.4 Å². The summed E-state index contributed by atoms with van der Waals surface area (Å²) in [6.07, 6.45) is 1.64. The van der Waals surface area contributed by atoms with Crippen LogP contribution in [0.3, 0.4) is 0 Å². The van der Waals surface area contributed by atoms with Crippen LogP contribution >= 0.6 is 22.9 Å². The van der Waals surface area contributed by atoms with Gasteiger partial charge < -0.3 is 10.0 Å². The van der Waals surface area contributed by atoms with Gasteiger partial charge in [0.1, 0.15) is 5.82 Å². The number of thiophene rings is 1. The number of carboxylic acids is 1. The third-order valence-electron chi connectivity index (χ3n) is 3.22. The van der Waals surface area contributed by atoms with Crippen LogP contribution in [0.2, 0.25) is 0 Å². The number of aliphatic carboxylic acids is 1. The molecule has 19 heavy (non-hydrogen) atoms. The third kappa shape index (κ3) is 2.12. The fourth-order valence-electron chi connectivity index (χ4n) is 2.29. The molecule has 0 saturated carbocycles. The number of aryl methyl sites for hydroxylation is 1. The van der Waals surface area contributed by atoms with Crippen LogP contribution in [0.1, 0.15) is 29.2 Å². The van der Waals surface area contributed by atoms with E-state index in [1.165, 1.54) is 16.4 Å². The summed E-state index contributed by atoms with van der Waals surface area (Å²) >= 11 is 2.91. The van der Waals surface area contributed by atoms with Gasteiger partial charge >= 0.3 is 5.97 Å². The van der Waals surface area contributed by atoms with Gasteiger partial charge in [-0.05, 0) is 23.4 Å². The summed E-state index contributed by atoms with van der Waals surface area (Å²) in [5, 5.41) is 12.2. The number of hydrogen-bond donors (Lipinski definition) is 1. The summed E-state index contributed by atoms with van der Waals surface area (Å²) in [5.74, 6) is -0.0483. The molecule has 5 nitrogen and oxygen atoms in total. The molecular formula is C12H13N3O2S2. The molecule has 1 aliphatic rings. The lowest BCUT2D eigenvalue weighted by atomic mass is 10.0. The summed E-state index contributed by atoms with van der Waals surface area (Å²) in [7, 11) is 0. The molecule has 0 saturated heterocycles. The van der Waals surface area contributed by atoms with Crippen molar-refractivity contribution in [1.29, 1.82) is 0 Å². The Hall–Kier alpha value is -1.47. The largest absolute Gasteiger partial charge is 0.479 e. The van der Waals surface area contributed by atoms with E-state index in [-0.39, 0.29) is 0 Å². The minimum absolute atomic E-state index is 0.632. The molecule has 7 heteroatoms. The lowest BCUT2D eigenvalue weighted by Crippen LogP contribution is -2.39. The third-order valence-corrected chi connectivity index (χ3v) is 5.01. The van der Waals surface area contributed by atoms with Gasteiger partial charge in [-0.25, -0.2) is 9.78 Å². The van der Waals surface area contributed by atoms with E-state index in [2.05, 4.69) is 9.36 Å². The number of carbonyl (C=O) groups is 1. The first-order valence-corrected chi connectivity index (χ1v) is 7.74. The molecule has 0 fully saturated rings. The fourth-order valence-corrected chi connectivity index (χ4v) is 4.00. The molecule has 100 valence electrons. The number of rotatable bonds is 3. The maximum Gasteiger partial charge on any atom is 0.331 e. The molecule has 0 bridgehead atoms. The number of anilines is 1. The molecule has 1 unspecified atom stereocenters. The van der Waals surface area contributed by atoms with Gasteiger partial charge in [0.25, 0.3) is 0 Å². The number of hydrogen-bond acceptors (Lipinski definition) is 6. The molecule has 1 aliphatic heterocycles. The number of fused-ring (bicyclic) bond motifs is 1. The van der Waals surface area contributed by atoms with Gasteiger partial charge in [-0.2, -0.15) is 4.37 Å². The van der Waals surface area contributed by atoms with Crippen LogP contribution in [0, 0.1) is 0 Å². The Bertz CT molecular complexity index is 608. The monoisotopic (exact) mass is 295 g/mol. The summed E-state index contributed by atoms with van der Waals surface area (Å²) in [6, 6.07) is 1.28. The molecule has 3 rings (SSSR count). The van der Waals surface area contributed by atoms with Gasteiger partial charge in [0.2, 0.25) is 5.13 Å². The molecule has 0 spiro atoms. The van der Waals surface area contributed by atoms with Gasteiger partial charge in [0, 0.05) is 29.4 Å². The van der Waals surface area contributed by atoms with Crippen molar-refractivity contribution in [1.82, 2.24) is 9.36 Å². The Morgan fingerprint density at radius 2 is 2.47 bits per heavy atom. The van der Waals surface area contributed by atoms with Crippen LogP contribution in [0.5, 0.6) is 0 Å². The molecule has 3 heterocycles. The lowest BCUT2D eigenvalue weighted by molar-refractivity contribution is -0.138. The fraction of sp³-hybridized carbons (Fsp3) is 0.417. The molecule has 2 aromatic heterocycles. The van der Waals surface area contributed by atoms with E-state index >= 15 is 0 Å². The zero-order valence-corrected chi connectivity index (χ0v) is 12.0. The smallest absolute Gasteiger partial charge is 0.331 e. The minimum atomic E-state index is -0.826. The Labute approximate surface area is 118 Å². The highest BCUT2D eigenvalue weighted by molar-refractivity contribution is 7.10. The number of nitrogens with zero attached hydrogens (tertiary/aromatic N) is 3. The molecule has 1 atom stereocenters. The molecule has 1 N–H and O–H groups in total. The first kappa shape index (κ1) is 12.6. The summed E-state index contributed by atoms with van der Waals surface area (Å²) < 4.78 is 4.25. The van der Waals surface area contributed by atoms with Gasteiger partial charge in [0.05, 0.1) is 0 Å². The van der Waals surface area contributed by atoms with Crippen molar-refractivity contribution < 1.29 is 9.90 Å². The van der Waals surface area contributed by atoms with E-state index < -0.39 is 12.0 Å². The Kier molecular flexibility index (Phi) is 3.24. The average molecular weight is 295 g/mol. The van der Waals surface area contributed by atoms with Crippen LogP contribution < -0.4 is 4.90 Å². The van der Waals surface area contributed by atoms with E-state index in [0.29, 0.717) is 11.7 Å². The van der Waals surface area contributed by atoms with Gasteiger partial charge in [-0.3, -0.25) is 0 Å². The first-order valence-electron chi connectivity index (χ1n) is 6.09. The lowest BCUT2D eigenvalue weighted by Gasteiger charge is -2.32. The summed E-state index contributed by atoms with van der Waals surface area (Å²) in [4.78, 5) is 19.0. The maximum atomic E-state index is 11.6. The Morgan fingerprint density at radius 1 is 1.63 bits per heavy atom. The molecule has 0 radical (unpaired) electrons. The second-order valence-corrected chi connectivity index (χ2v) is 6.06. The molecular weight excluding hydrogens is 282 g/mol. The highest BCUT2D eigenvalue weighted by Crippen LogP contribution is 2.37. The van der Waals surface area contributed by atoms with E-state index in [1.807, 2.05) is 23.3 Å². The van der Waals surface area contributed by atoms with Crippen molar-refractivity contribution in [2.45, 2.75) is 25.8 Å². The molecule has 0 aliphatic carbocycles. The SMILES string of the molecule is CCc1nsc(N2CCc3sccc3C2C(=O)O)n1. The standard InChI is InChI=1S/C12H13N3O2S2/c1-2-9-13-12(19-14-9)15-5-3-8-7(4-6-18-8)10(15)11(16)17/h4,6,10H,2-3,5H2,1H3,(H,16,17). The minimum Gasteiger partial charge on any atom is -0.479 e. The van der Waals surface area contributed by atoms with Crippen molar-refractivity contribution in [3.8, 4) is 0 Å². The molecule has 2 aromatic rings. The summed E-state index contributed by atoms with van der Waals surface area (Å²) in [5.41, 5.74) is 0.900. The Morgan fingerprint density at radius 3 is 3.16 bits per heavy atom. The normalized spacial score (nSPS) is 18.4. The zero-order valence-electron chi connectivity index (χ0n) is 10.4. The first-order chi connectivity index (χ1) is 9.20. The quantitative estimate of drug-likeness (QED) is 0.941. The number of aromatic nitrogens is 2. The van der Waals surface area contributed by atoms with E-state index in [0.717, 1.165) is 24.2 Å². The highest BCUT2D eigenvalue weighted by Gasteiger charge is 2.35. The van der Waals surface area contributed by atoms with Gasteiger partial charge in [-0.1, -0.05) is 6.92 Å². The van der Waals surface area contributed by atoms with Gasteiger partial charge in [-0.15, -0.1) is 11.3 Å². The van der Waals surface area contributed by atoms with Crippen LogP contribution in [0.15, 0.2) is 11.4 Å². The Balaban J connectivity index is 1.99. The van der Waals surface area contributed by atoms with E-state index in [9.17, 15) is 9.90 Å². The van der Waals surface area contributed by atoms with Crippen LogP contribution in [-0.2, 0) is 17.6 Å². The highest BCUT2D eigenvalue weighted by atomic mass is 32.1. The van der Waals surface area contributed by atoms with Crippen LogP contribution in [0.4, 0.5) is 5.13 Å². The van der Waals surface area contributed by atoms with E-state index in [1.54, 1.807) is 11.3 Å². The van der Waals surface area contributed by atoms with Crippen LogP contribution in [-0.4, -0.2) is 27.0 Å².